The van der Waals surface area contributed by atoms with Gasteiger partial charge in [0.25, 0.3) is 0 Å². The first-order valence-electron chi connectivity index (χ1n) is 12.0. The number of aliphatic hydroxyl groups is 4. The molecule has 9 atom stereocenters. The van der Waals surface area contributed by atoms with Crippen molar-refractivity contribution >= 4 is 36.1 Å². The van der Waals surface area contributed by atoms with Crippen molar-refractivity contribution < 1.29 is 68.9 Å². The second-order valence-corrected chi connectivity index (χ2v) is 9.04. The summed E-state index contributed by atoms with van der Waals surface area (Å²) >= 11 is 0. The first-order valence-corrected chi connectivity index (χ1v) is 12.0. The summed E-state index contributed by atoms with van der Waals surface area (Å²) in [6.45, 7) is -0.891. The molecule has 2 heterocycles. The average Bonchev–Trinajstić information content (AvgIpc) is 3.44. The lowest BCUT2D eigenvalue weighted by Crippen LogP contribution is -2.63. The Morgan fingerprint density at radius 1 is 1.12 bits per heavy atom. The smallest absolute Gasteiger partial charge is 0.404 e. The van der Waals surface area contributed by atoms with Crippen LogP contribution in [0.25, 0.3) is 0 Å². The van der Waals surface area contributed by atoms with Gasteiger partial charge in [0.1, 0.15) is 55.3 Å². The second-order valence-electron chi connectivity index (χ2n) is 9.04. The number of nitrogens with two attached hydrogens (primary N) is 2. The van der Waals surface area contributed by atoms with E-state index in [0.29, 0.717) is 4.57 Å². The number of ether oxygens (including phenoxy) is 2. The zero-order valence-electron chi connectivity index (χ0n) is 21.4. The van der Waals surface area contributed by atoms with Crippen molar-refractivity contribution in [1.82, 2.24) is 20.2 Å². The van der Waals surface area contributed by atoms with Crippen LogP contribution >= 0.6 is 0 Å². The van der Waals surface area contributed by atoms with Crippen molar-refractivity contribution in [1.29, 1.82) is 0 Å². The Morgan fingerprint density at radius 3 is 2.29 bits per heavy atom. The normalized spacial score (nSPS) is 23.5. The van der Waals surface area contributed by atoms with E-state index in [-0.39, 0.29) is 12.0 Å². The number of aromatic nitrogens is 2. The number of nitrogens with one attached hydrogen (secondary N) is 3. The van der Waals surface area contributed by atoms with E-state index in [1.54, 1.807) is 0 Å². The van der Waals surface area contributed by atoms with Crippen LogP contribution in [0.15, 0.2) is 11.0 Å². The van der Waals surface area contributed by atoms with E-state index < -0.39 is 110 Å². The third-order valence-corrected chi connectivity index (χ3v) is 6.07. The number of carboxylic acid groups (broad SMARTS) is 2. The molecule has 2 rings (SSSR count). The van der Waals surface area contributed by atoms with E-state index in [0.717, 1.165) is 6.20 Å². The maximum Gasteiger partial charge on any atom is 0.404 e. The topological polar surface area (TPSA) is 356 Å². The molecule has 1 aromatic heterocycles. The molecule has 1 fully saturated rings. The number of aromatic amines is 1. The molecule has 0 aromatic carbocycles. The molecule has 1 saturated heterocycles. The van der Waals surface area contributed by atoms with Crippen LogP contribution in [-0.4, -0.2) is 132 Å². The number of carboxylic acids is 2. The molecule has 3 amide bonds. The average molecular weight is 606 g/mol. The largest absolute Gasteiger partial charge is 0.481 e. The minimum atomic E-state index is -2.14. The zero-order valence-corrected chi connectivity index (χ0v) is 21.4. The Bertz CT molecular complexity index is 1230. The highest BCUT2D eigenvalue weighted by Crippen LogP contribution is 2.30. The van der Waals surface area contributed by atoms with E-state index in [9.17, 15) is 59.1 Å². The fraction of sp³-hybridized carbons (Fsp3) is 0.571. The number of aldehydes is 1. The number of rotatable bonds is 15. The summed E-state index contributed by atoms with van der Waals surface area (Å²) < 4.78 is 10.4. The molecule has 0 radical (unpaired) electrons. The third kappa shape index (κ3) is 8.31. The van der Waals surface area contributed by atoms with Gasteiger partial charge in [-0.3, -0.25) is 23.7 Å². The second kappa shape index (κ2) is 14.5. The molecule has 5 unspecified atom stereocenters. The van der Waals surface area contributed by atoms with Crippen LogP contribution in [0, 0.1) is 0 Å². The number of carbonyl (C=O) groups is 6. The molecule has 42 heavy (non-hydrogen) atoms. The number of primary amides is 1. The van der Waals surface area contributed by atoms with Gasteiger partial charge in [-0.25, -0.2) is 14.4 Å². The summed E-state index contributed by atoms with van der Waals surface area (Å²) in [4.78, 5) is 84.6. The van der Waals surface area contributed by atoms with Crippen LogP contribution < -0.4 is 27.8 Å². The predicted octanol–water partition coefficient (Wildman–Crippen LogP) is -6.33. The number of hydrogen-bond donors (Lipinski definition) is 11. The molecular weight excluding hydrogens is 576 g/mol. The van der Waals surface area contributed by atoms with Crippen molar-refractivity contribution in [2.75, 3.05) is 6.61 Å². The molecule has 1 aromatic rings. The molecule has 1 aliphatic rings. The van der Waals surface area contributed by atoms with E-state index in [1.165, 1.54) is 0 Å². The molecule has 21 heteroatoms. The Hall–Kier alpha value is -4.41. The van der Waals surface area contributed by atoms with Crippen molar-refractivity contribution in [2.45, 2.75) is 67.7 Å². The van der Waals surface area contributed by atoms with Crippen LogP contribution in [0.5, 0.6) is 0 Å². The molecule has 1 aliphatic heterocycles. The van der Waals surface area contributed by atoms with Crippen LogP contribution in [0.2, 0.25) is 0 Å². The van der Waals surface area contributed by atoms with E-state index in [4.69, 9.17) is 21.3 Å². The summed E-state index contributed by atoms with van der Waals surface area (Å²) in [7, 11) is 0. The summed E-state index contributed by atoms with van der Waals surface area (Å²) in [5.74, 6) is -5.88. The lowest BCUT2D eigenvalue weighted by atomic mass is 10.00. The summed E-state index contributed by atoms with van der Waals surface area (Å²) in [6, 6.07) is -6.02. The van der Waals surface area contributed by atoms with Gasteiger partial charge < -0.3 is 67.2 Å². The van der Waals surface area contributed by atoms with Gasteiger partial charge in [0.05, 0.1) is 5.69 Å². The number of nitrogens with zero attached hydrogens (tertiary/aromatic N) is 1. The van der Waals surface area contributed by atoms with Crippen molar-refractivity contribution in [3.05, 3.63) is 22.4 Å². The van der Waals surface area contributed by atoms with Gasteiger partial charge in [-0.1, -0.05) is 0 Å². The van der Waals surface area contributed by atoms with E-state index >= 15 is 0 Å². The Kier molecular flexibility index (Phi) is 11.6. The van der Waals surface area contributed by atoms with Gasteiger partial charge >= 0.3 is 23.7 Å². The zero-order chi connectivity index (χ0) is 31.9. The molecule has 234 valence electrons. The van der Waals surface area contributed by atoms with E-state index in [1.807, 2.05) is 10.6 Å². The summed E-state index contributed by atoms with van der Waals surface area (Å²) in [6.07, 6.45) is -13.3. The van der Waals surface area contributed by atoms with Crippen molar-refractivity contribution in [3.63, 3.8) is 0 Å². The molecular formula is C21H30N6O15. The highest BCUT2D eigenvalue weighted by Gasteiger charge is 2.51. The first-order chi connectivity index (χ1) is 19.6. The molecule has 0 spiro atoms. The number of amides is 3. The summed E-state index contributed by atoms with van der Waals surface area (Å²) in [5, 5.41) is 63.5. The fourth-order valence-electron chi connectivity index (χ4n) is 3.86. The standard InChI is InChI=1S/C21H30N6O15/c22-10(12(32)8(29)5-41-20(23)39)16(35)26-11(17(36)25-7(19(37)38)1-2-9(30)31)15-13(33)14(34)18(42-15)27-3-6(4-28)24-21(27)40/h3-4,7-8,10-15,18,29,32-34H,1-2,5,22H2,(H2,23,39)(H,24,40)(H,25,36)(H,26,35)(H,30,31)(H,37,38)/t7?,8?,10?,11?,12?,13-,14+,15+,18+/m0/s1. The third-order valence-electron chi connectivity index (χ3n) is 6.07. The molecule has 0 aliphatic carbocycles. The van der Waals surface area contributed by atoms with Crippen molar-refractivity contribution in [3.8, 4) is 0 Å². The molecule has 21 nitrogen and oxygen atoms in total. The van der Waals surface area contributed by atoms with E-state index in [2.05, 4.69) is 9.72 Å². The Balaban J connectivity index is 2.37. The number of hydrogen-bond acceptors (Lipinski definition) is 14. The number of imidazole rings is 1. The highest BCUT2D eigenvalue weighted by atomic mass is 16.6. The van der Waals surface area contributed by atoms with Crippen LogP contribution in [0.3, 0.4) is 0 Å². The first kappa shape index (κ1) is 33.8. The van der Waals surface area contributed by atoms with Crippen LogP contribution in [-0.2, 0) is 28.7 Å². The van der Waals surface area contributed by atoms with Gasteiger partial charge in [0, 0.05) is 12.6 Å². The molecule has 0 bridgehead atoms. The van der Waals surface area contributed by atoms with Gasteiger partial charge in [0.15, 0.2) is 12.5 Å². The molecule has 0 saturated carbocycles. The SMILES string of the molecule is NC(=O)OCC(O)C(O)C(N)C(=O)NC(C(=O)NC(CCC(=O)O)C(=O)O)[C@H]1O[C@@H](n2cc(C=O)[nH]c2=O)[C@H](O)[C@@H]1O. The molecule has 13 N–H and O–H groups in total. The minimum absolute atomic E-state index is 0.252. The maximum absolute atomic E-state index is 13.2. The summed E-state index contributed by atoms with van der Waals surface area (Å²) in [5.41, 5.74) is 9.17. The van der Waals surface area contributed by atoms with Gasteiger partial charge in [-0.2, -0.15) is 0 Å². The fourth-order valence-corrected chi connectivity index (χ4v) is 3.86. The monoisotopic (exact) mass is 606 g/mol. The quantitative estimate of drug-likeness (QED) is 0.0826. The maximum atomic E-state index is 13.2. The van der Waals surface area contributed by atoms with Crippen LogP contribution in [0.4, 0.5) is 4.79 Å². The lowest BCUT2D eigenvalue weighted by Gasteiger charge is -2.29. The Morgan fingerprint density at radius 2 is 1.76 bits per heavy atom. The van der Waals surface area contributed by atoms with Gasteiger partial charge in [-0.05, 0) is 6.42 Å². The van der Waals surface area contributed by atoms with Crippen LogP contribution in [0.1, 0.15) is 29.6 Å². The number of H-pyrrole nitrogens is 1. The Labute approximate surface area is 234 Å². The van der Waals surface area contributed by atoms with Gasteiger partial charge in [-0.15, -0.1) is 0 Å². The number of carbonyl (C=O) groups excluding carboxylic acids is 4. The number of aliphatic hydroxyl groups excluding tert-OH is 4. The number of aliphatic carboxylic acids is 2. The minimum Gasteiger partial charge on any atom is -0.481 e. The lowest BCUT2D eigenvalue weighted by molar-refractivity contribution is -0.145. The van der Waals surface area contributed by atoms with Crippen molar-refractivity contribution in [2.24, 2.45) is 11.5 Å². The highest BCUT2D eigenvalue weighted by molar-refractivity contribution is 5.92. The van der Waals surface area contributed by atoms with Gasteiger partial charge in [0.2, 0.25) is 11.8 Å². The predicted molar refractivity (Wildman–Crippen MR) is 130 cm³/mol.